The molecule has 44 valence electrons. The Hall–Kier alpha value is 1.40. The topological polar surface area (TPSA) is 17.1 Å². The van der Waals surface area contributed by atoms with Gasteiger partial charge in [-0.3, -0.25) is 4.21 Å². The Morgan fingerprint density at radius 1 is 1.43 bits per heavy atom. The minimum absolute atomic E-state index is 0. The summed E-state index contributed by atoms with van der Waals surface area (Å²) in [5.74, 6) is 1.81. The molecule has 0 rings (SSSR count). The van der Waals surface area contributed by atoms with Crippen LogP contribution in [0.5, 0.6) is 0 Å². The Labute approximate surface area is 75.0 Å². The van der Waals surface area contributed by atoms with Crippen LogP contribution in [0, 0.1) is 0 Å². The van der Waals surface area contributed by atoms with Crippen molar-refractivity contribution in [3.8, 4) is 0 Å². The standard InChI is InChI=1S/C2H6OS.CH3Br.Mg.2H/c1-4(2)3;1-2;;;/h1-2H3;1H3;;;/q;;+2;2*-1. The van der Waals surface area contributed by atoms with E-state index >= 15 is 0 Å². The molecule has 0 aromatic carbocycles. The quantitative estimate of drug-likeness (QED) is 0.418. The van der Waals surface area contributed by atoms with Gasteiger partial charge in [0.05, 0.1) is 0 Å². The van der Waals surface area contributed by atoms with E-state index in [0.29, 0.717) is 0 Å². The maximum absolute atomic E-state index is 9.56. The molecular formula is C3H11BrMgOS. The summed E-state index contributed by atoms with van der Waals surface area (Å²) in [4.78, 5) is 0. The minimum Gasteiger partial charge on any atom is -1.00 e. The van der Waals surface area contributed by atoms with E-state index in [0.717, 1.165) is 0 Å². The molecule has 0 radical (unpaired) electrons. The van der Waals surface area contributed by atoms with Crippen molar-refractivity contribution >= 4 is 49.8 Å². The Morgan fingerprint density at radius 2 is 1.43 bits per heavy atom. The van der Waals surface area contributed by atoms with Crippen LogP contribution in [0.2, 0.25) is 0 Å². The van der Waals surface area contributed by atoms with Gasteiger partial charge in [-0.25, -0.2) is 0 Å². The maximum atomic E-state index is 9.56. The first-order valence-electron chi connectivity index (χ1n) is 1.36. The molecule has 0 heterocycles. The second-order valence-electron chi connectivity index (χ2n) is 0.742. The molecule has 0 aromatic heterocycles. The van der Waals surface area contributed by atoms with E-state index in [1.165, 1.54) is 0 Å². The third-order valence-corrected chi connectivity index (χ3v) is 0. The van der Waals surface area contributed by atoms with Crippen LogP contribution in [0.25, 0.3) is 0 Å². The third-order valence-electron chi connectivity index (χ3n) is 0. The first-order chi connectivity index (χ1) is 2.73. The first kappa shape index (κ1) is 15.8. The summed E-state index contributed by atoms with van der Waals surface area (Å²) in [6.07, 6.45) is 3.28. The van der Waals surface area contributed by atoms with Crippen molar-refractivity contribution in [1.29, 1.82) is 0 Å². The fourth-order valence-corrected chi connectivity index (χ4v) is 0. The van der Waals surface area contributed by atoms with Crippen LogP contribution < -0.4 is 0 Å². The number of rotatable bonds is 0. The molecule has 0 aliphatic rings. The summed E-state index contributed by atoms with van der Waals surface area (Å²) in [6.45, 7) is 0. The van der Waals surface area contributed by atoms with Gasteiger partial charge in [-0.15, -0.1) is 0 Å². The smallest absolute Gasteiger partial charge is 1.00 e. The van der Waals surface area contributed by atoms with E-state index in [1.807, 2.05) is 5.83 Å². The van der Waals surface area contributed by atoms with Crippen LogP contribution in [0.4, 0.5) is 0 Å². The second-order valence-corrected chi connectivity index (χ2v) is 2.22. The summed E-state index contributed by atoms with van der Waals surface area (Å²) < 4.78 is 9.56. The van der Waals surface area contributed by atoms with E-state index < -0.39 is 10.8 Å². The van der Waals surface area contributed by atoms with Gasteiger partial charge in [0.15, 0.2) is 0 Å². The fraction of sp³-hybridized carbons (Fsp3) is 1.00. The van der Waals surface area contributed by atoms with Gasteiger partial charge in [-0.2, -0.15) is 0 Å². The van der Waals surface area contributed by atoms with Gasteiger partial charge < -0.3 is 2.85 Å². The number of hydrogen-bond acceptors (Lipinski definition) is 1. The molecule has 0 fully saturated rings. The predicted octanol–water partition coefficient (Wildman–Crippen LogP) is 0.850. The Kier molecular flexibility index (Phi) is 35.3. The SMILES string of the molecule is CBr.CS(C)=O.[H-].[H-].[Mg+2]. The van der Waals surface area contributed by atoms with Gasteiger partial charge in [-0.05, 0) is 5.83 Å². The van der Waals surface area contributed by atoms with Gasteiger partial charge in [0.25, 0.3) is 0 Å². The summed E-state index contributed by atoms with van der Waals surface area (Å²) in [5, 5.41) is 0. The van der Waals surface area contributed by atoms with Gasteiger partial charge in [0, 0.05) is 23.3 Å². The molecule has 0 saturated heterocycles. The molecule has 4 heteroatoms. The zero-order chi connectivity index (χ0) is 5.58. The molecule has 0 N–H and O–H groups in total. The normalized spacial score (nSPS) is 5.86. The first-order valence-corrected chi connectivity index (χ1v) is 4.91. The monoisotopic (exact) mass is 198 g/mol. The molecule has 7 heavy (non-hydrogen) atoms. The van der Waals surface area contributed by atoms with E-state index in [4.69, 9.17) is 0 Å². The summed E-state index contributed by atoms with van der Waals surface area (Å²) in [6, 6.07) is 0. The van der Waals surface area contributed by atoms with Crippen molar-refractivity contribution in [2.75, 3.05) is 18.3 Å². The molecule has 0 atom stereocenters. The van der Waals surface area contributed by atoms with E-state index in [1.54, 1.807) is 12.5 Å². The summed E-state index contributed by atoms with van der Waals surface area (Å²) in [7, 11) is -0.611. The van der Waals surface area contributed by atoms with Crippen molar-refractivity contribution in [1.82, 2.24) is 0 Å². The zero-order valence-corrected chi connectivity index (χ0v) is 8.72. The molecule has 0 amide bonds. The largest absolute Gasteiger partial charge is 2.00 e. The van der Waals surface area contributed by atoms with Crippen LogP contribution in [0.1, 0.15) is 2.85 Å². The van der Waals surface area contributed by atoms with Crippen LogP contribution in [0.15, 0.2) is 0 Å². The zero-order valence-electron chi connectivity index (χ0n) is 6.90. The molecule has 0 bridgehead atoms. The molecule has 0 aromatic rings. The van der Waals surface area contributed by atoms with Crippen LogP contribution in [0.3, 0.4) is 0 Å². The van der Waals surface area contributed by atoms with Gasteiger partial charge in [0.1, 0.15) is 0 Å². The Balaban J connectivity index is -0.00000000990. The van der Waals surface area contributed by atoms with Crippen LogP contribution >= 0.6 is 15.9 Å². The molecule has 0 spiro atoms. The van der Waals surface area contributed by atoms with Crippen LogP contribution in [-0.4, -0.2) is 45.6 Å². The summed E-state index contributed by atoms with van der Waals surface area (Å²) >= 11 is 2.94. The molecular weight excluding hydrogens is 188 g/mol. The van der Waals surface area contributed by atoms with Gasteiger partial charge in [0.2, 0.25) is 0 Å². The number of hydrogen-bond donors (Lipinski definition) is 0. The number of alkyl halides is 1. The van der Waals surface area contributed by atoms with Crippen molar-refractivity contribution in [3.63, 3.8) is 0 Å². The van der Waals surface area contributed by atoms with Crippen molar-refractivity contribution < 1.29 is 7.06 Å². The van der Waals surface area contributed by atoms with Gasteiger partial charge in [-0.1, -0.05) is 15.9 Å². The molecule has 0 aliphatic carbocycles. The van der Waals surface area contributed by atoms with Crippen LogP contribution in [-0.2, 0) is 10.8 Å². The summed E-state index contributed by atoms with van der Waals surface area (Å²) in [5.41, 5.74) is 0. The minimum atomic E-state index is -0.611. The van der Waals surface area contributed by atoms with Gasteiger partial charge >= 0.3 is 23.1 Å². The van der Waals surface area contributed by atoms with Crippen molar-refractivity contribution in [2.45, 2.75) is 0 Å². The fourth-order valence-electron chi connectivity index (χ4n) is 0. The Bertz CT molecular complexity index is 44.8. The Morgan fingerprint density at radius 3 is 1.43 bits per heavy atom. The molecule has 1 nitrogen and oxygen atoms in total. The second kappa shape index (κ2) is 15.7. The molecule has 0 aliphatic heterocycles. The van der Waals surface area contributed by atoms with Crippen molar-refractivity contribution in [2.24, 2.45) is 0 Å². The maximum Gasteiger partial charge on any atom is 2.00 e. The van der Waals surface area contributed by atoms with E-state index in [2.05, 4.69) is 15.9 Å². The van der Waals surface area contributed by atoms with Crippen molar-refractivity contribution in [3.05, 3.63) is 0 Å². The van der Waals surface area contributed by atoms with E-state index in [9.17, 15) is 4.21 Å². The third kappa shape index (κ3) is 110. The average molecular weight is 199 g/mol. The molecule has 0 unspecified atom stereocenters. The predicted molar refractivity (Wildman–Crippen MR) is 42.8 cm³/mol. The van der Waals surface area contributed by atoms with E-state index in [-0.39, 0.29) is 25.9 Å². The average Bonchev–Trinajstić information content (AvgIpc) is 1.41. The number of halogens is 1. The molecule has 0 saturated carbocycles.